The first-order valence-corrected chi connectivity index (χ1v) is 9.50. The van der Waals surface area contributed by atoms with E-state index in [1.54, 1.807) is 0 Å². The van der Waals surface area contributed by atoms with E-state index in [4.69, 9.17) is 4.74 Å². The van der Waals surface area contributed by atoms with Crippen LogP contribution >= 0.6 is 0 Å². The summed E-state index contributed by atoms with van der Waals surface area (Å²) in [6.45, 7) is 9.97. The molecule has 0 saturated carbocycles. The second kappa shape index (κ2) is 7.37. The lowest BCUT2D eigenvalue weighted by Crippen LogP contribution is -2.55. The molecule has 2 aliphatic heterocycles. The zero-order valence-corrected chi connectivity index (χ0v) is 14.2. The van der Waals surface area contributed by atoms with Crippen LogP contribution in [0.15, 0.2) is 0 Å². The summed E-state index contributed by atoms with van der Waals surface area (Å²) in [5.41, 5.74) is 0. The van der Waals surface area contributed by atoms with Crippen LogP contribution in [0.2, 0.25) is 0 Å². The fourth-order valence-electron chi connectivity index (χ4n) is 3.20. The summed E-state index contributed by atoms with van der Waals surface area (Å²) in [5.74, 6) is 0. The van der Waals surface area contributed by atoms with E-state index in [2.05, 4.69) is 16.5 Å². The highest BCUT2D eigenvalue weighted by Crippen LogP contribution is 2.16. The number of ether oxygens (including phenoxy) is 1. The number of likely N-dealkylation sites (tertiary alicyclic amines) is 1. The van der Waals surface area contributed by atoms with Crippen LogP contribution < -0.4 is 4.72 Å². The molecule has 0 amide bonds. The van der Waals surface area contributed by atoms with Crippen LogP contribution in [0.5, 0.6) is 0 Å². The van der Waals surface area contributed by atoms with Crippen LogP contribution in [-0.2, 0) is 14.9 Å². The molecule has 0 aromatic carbocycles. The second-order valence-corrected chi connectivity index (χ2v) is 8.02. The maximum Gasteiger partial charge on any atom is 0.279 e. The molecule has 2 saturated heterocycles. The first-order valence-electron chi connectivity index (χ1n) is 8.06. The summed E-state index contributed by atoms with van der Waals surface area (Å²) in [6.07, 6.45) is 2.86. The number of rotatable bonds is 5. The van der Waals surface area contributed by atoms with E-state index in [0.29, 0.717) is 13.1 Å². The highest BCUT2D eigenvalue weighted by Gasteiger charge is 2.33. The second-order valence-electron chi connectivity index (χ2n) is 6.31. The summed E-state index contributed by atoms with van der Waals surface area (Å²) in [7, 11) is -3.39. The lowest BCUT2D eigenvalue weighted by Gasteiger charge is -2.37. The van der Waals surface area contributed by atoms with Gasteiger partial charge in [-0.15, -0.1) is 0 Å². The predicted molar refractivity (Wildman–Crippen MR) is 83.4 cm³/mol. The van der Waals surface area contributed by atoms with Crippen LogP contribution in [0.1, 0.15) is 40.0 Å². The zero-order chi connectivity index (χ0) is 15.5. The van der Waals surface area contributed by atoms with E-state index < -0.39 is 10.2 Å². The Kier molecular flexibility index (Phi) is 6.02. The number of morpholine rings is 1. The lowest BCUT2D eigenvalue weighted by molar-refractivity contribution is -0.0445. The standard InChI is InChI=1S/C14H29N3O3S/c1-4-7-16-8-5-14(6-9-16)15-21(18,19)17-10-12(2)20-13(3)11-17/h12-15H,4-11H2,1-3H3. The van der Waals surface area contributed by atoms with Crippen molar-refractivity contribution in [2.24, 2.45) is 0 Å². The molecule has 0 bridgehead atoms. The van der Waals surface area contributed by atoms with E-state index in [-0.39, 0.29) is 18.2 Å². The SMILES string of the molecule is CCCN1CCC(NS(=O)(=O)N2CC(C)OC(C)C2)CC1. The average Bonchev–Trinajstić information content (AvgIpc) is 2.40. The number of hydrogen-bond donors (Lipinski definition) is 1. The first-order chi connectivity index (χ1) is 9.90. The Hall–Kier alpha value is -0.210. The predicted octanol–water partition coefficient (Wildman–Crippen LogP) is 0.804. The van der Waals surface area contributed by atoms with Crippen LogP contribution in [0.25, 0.3) is 0 Å². The fourth-order valence-corrected chi connectivity index (χ4v) is 4.82. The molecule has 0 spiro atoms. The van der Waals surface area contributed by atoms with Gasteiger partial charge in [-0.2, -0.15) is 17.4 Å². The number of nitrogens with one attached hydrogen (secondary N) is 1. The van der Waals surface area contributed by atoms with Gasteiger partial charge in [-0.1, -0.05) is 6.92 Å². The Morgan fingerprint density at radius 3 is 2.24 bits per heavy atom. The number of nitrogens with zero attached hydrogens (tertiary/aromatic N) is 2. The maximum absolute atomic E-state index is 12.5. The highest BCUT2D eigenvalue weighted by atomic mass is 32.2. The van der Waals surface area contributed by atoms with Gasteiger partial charge >= 0.3 is 0 Å². The molecular weight excluding hydrogens is 290 g/mol. The summed E-state index contributed by atoms with van der Waals surface area (Å²) in [6, 6.07) is 0.0663. The smallest absolute Gasteiger partial charge is 0.279 e. The van der Waals surface area contributed by atoms with Gasteiger partial charge in [0.25, 0.3) is 10.2 Å². The average molecular weight is 319 g/mol. The Morgan fingerprint density at radius 1 is 1.14 bits per heavy atom. The molecule has 0 aliphatic carbocycles. The van der Waals surface area contributed by atoms with Gasteiger partial charge in [0.2, 0.25) is 0 Å². The van der Waals surface area contributed by atoms with Crippen LogP contribution in [0, 0.1) is 0 Å². The third kappa shape index (κ3) is 4.89. The number of hydrogen-bond acceptors (Lipinski definition) is 4. The largest absolute Gasteiger partial charge is 0.373 e. The topological polar surface area (TPSA) is 61.9 Å². The molecule has 0 aromatic heterocycles. The van der Waals surface area contributed by atoms with Crippen molar-refractivity contribution >= 4 is 10.2 Å². The van der Waals surface area contributed by atoms with E-state index in [9.17, 15) is 8.42 Å². The van der Waals surface area contributed by atoms with Crippen molar-refractivity contribution in [3.05, 3.63) is 0 Å². The van der Waals surface area contributed by atoms with Crippen LogP contribution in [0.4, 0.5) is 0 Å². The van der Waals surface area contributed by atoms with Gasteiger partial charge in [-0.3, -0.25) is 0 Å². The van der Waals surface area contributed by atoms with Crippen molar-refractivity contribution in [1.82, 2.24) is 13.9 Å². The molecule has 2 heterocycles. The van der Waals surface area contributed by atoms with E-state index in [1.807, 2.05) is 13.8 Å². The minimum atomic E-state index is -3.39. The zero-order valence-electron chi connectivity index (χ0n) is 13.4. The van der Waals surface area contributed by atoms with Crippen LogP contribution in [-0.4, -0.2) is 68.6 Å². The van der Waals surface area contributed by atoms with Crippen molar-refractivity contribution in [3.8, 4) is 0 Å². The van der Waals surface area contributed by atoms with Gasteiger partial charge in [0.1, 0.15) is 0 Å². The molecule has 2 rings (SSSR count). The minimum Gasteiger partial charge on any atom is -0.373 e. The molecule has 7 heteroatoms. The third-order valence-electron chi connectivity index (χ3n) is 4.17. The number of piperidine rings is 1. The van der Waals surface area contributed by atoms with Crippen molar-refractivity contribution < 1.29 is 13.2 Å². The van der Waals surface area contributed by atoms with Gasteiger partial charge in [0.05, 0.1) is 12.2 Å². The normalized spacial score (nSPS) is 30.6. The molecule has 0 radical (unpaired) electrons. The first kappa shape index (κ1) is 17.1. The molecule has 0 aromatic rings. The van der Waals surface area contributed by atoms with Crippen LogP contribution in [0.3, 0.4) is 0 Å². The van der Waals surface area contributed by atoms with Gasteiger partial charge in [0.15, 0.2) is 0 Å². The van der Waals surface area contributed by atoms with Crippen molar-refractivity contribution in [2.75, 3.05) is 32.7 Å². The molecule has 6 nitrogen and oxygen atoms in total. The van der Waals surface area contributed by atoms with E-state index in [1.165, 1.54) is 4.31 Å². The summed E-state index contributed by atoms with van der Waals surface area (Å²) < 4.78 is 35.0. The molecule has 1 N–H and O–H groups in total. The van der Waals surface area contributed by atoms with Crippen molar-refractivity contribution in [1.29, 1.82) is 0 Å². The van der Waals surface area contributed by atoms with Gasteiger partial charge < -0.3 is 9.64 Å². The summed E-state index contributed by atoms with van der Waals surface area (Å²) in [4.78, 5) is 2.41. The molecular formula is C14H29N3O3S. The van der Waals surface area contributed by atoms with Gasteiger partial charge in [-0.05, 0) is 52.7 Å². The minimum absolute atomic E-state index is 0.0447. The molecule has 2 unspecified atom stereocenters. The third-order valence-corrected chi connectivity index (χ3v) is 5.78. The molecule has 124 valence electrons. The summed E-state index contributed by atoms with van der Waals surface area (Å²) in [5, 5.41) is 0. The van der Waals surface area contributed by atoms with Gasteiger partial charge in [-0.25, -0.2) is 0 Å². The van der Waals surface area contributed by atoms with Gasteiger partial charge in [0, 0.05) is 19.1 Å². The van der Waals surface area contributed by atoms with Crippen molar-refractivity contribution in [2.45, 2.75) is 58.3 Å². The molecule has 2 fully saturated rings. The lowest BCUT2D eigenvalue weighted by atomic mass is 10.1. The Balaban J connectivity index is 1.87. The maximum atomic E-state index is 12.5. The highest BCUT2D eigenvalue weighted by molar-refractivity contribution is 7.87. The monoisotopic (exact) mass is 319 g/mol. The molecule has 21 heavy (non-hydrogen) atoms. The Bertz CT molecular complexity index is 411. The van der Waals surface area contributed by atoms with E-state index >= 15 is 0 Å². The quantitative estimate of drug-likeness (QED) is 0.814. The summed E-state index contributed by atoms with van der Waals surface area (Å²) >= 11 is 0. The fraction of sp³-hybridized carbons (Fsp3) is 1.00. The van der Waals surface area contributed by atoms with Crippen molar-refractivity contribution in [3.63, 3.8) is 0 Å². The molecule has 2 aliphatic rings. The Labute approximate surface area is 129 Å². The molecule has 2 atom stereocenters. The Morgan fingerprint density at radius 2 is 1.71 bits per heavy atom. The van der Waals surface area contributed by atoms with E-state index in [0.717, 1.165) is 38.9 Å².